The number of hydrogen-bond donors (Lipinski definition) is 1. The number of halogens is 2. The van der Waals surface area contributed by atoms with Crippen molar-refractivity contribution in [1.82, 2.24) is 5.32 Å². The predicted molar refractivity (Wildman–Crippen MR) is 68.9 cm³/mol. The number of carbonyl (C=O) groups excluding carboxylic acids is 1. The lowest BCUT2D eigenvalue weighted by atomic mass is 9.78. The molecule has 0 aliphatic heterocycles. The van der Waals surface area contributed by atoms with E-state index in [1.54, 1.807) is 6.07 Å². The van der Waals surface area contributed by atoms with E-state index in [1.807, 2.05) is 18.2 Å². The normalized spacial score (nSPS) is 17.6. The fourth-order valence-corrected chi connectivity index (χ4v) is 2.65. The highest BCUT2D eigenvalue weighted by Gasteiger charge is 2.37. The molecule has 0 aromatic heterocycles. The van der Waals surface area contributed by atoms with Crippen LogP contribution in [-0.4, -0.2) is 17.3 Å². The minimum absolute atomic E-state index is 0.0483. The van der Waals surface area contributed by atoms with Gasteiger partial charge in [0.2, 0.25) is 0 Å². The first-order valence-corrected chi connectivity index (χ1v) is 6.63. The highest BCUT2D eigenvalue weighted by Crippen LogP contribution is 2.33. The van der Waals surface area contributed by atoms with Gasteiger partial charge in [0, 0.05) is 10.4 Å². The minimum atomic E-state index is -0.173. The Balaban J connectivity index is 2.11. The molecule has 2 nitrogen and oxygen atoms in total. The number of amides is 1. The topological polar surface area (TPSA) is 29.1 Å². The van der Waals surface area contributed by atoms with Gasteiger partial charge >= 0.3 is 0 Å². The lowest BCUT2D eigenvalue weighted by molar-refractivity contribution is 0.0853. The second-order valence-electron chi connectivity index (χ2n) is 4.20. The SMILES string of the molecule is O=C(NC1(CCl)CCC1)c1ccccc1Br. The van der Waals surface area contributed by atoms with E-state index in [4.69, 9.17) is 11.6 Å². The summed E-state index contributed by atoms with van der Waals surface area (Å²) in [4.78, 5) is 12.0. The van der Waals surface area contributed by atoms with Gasteiger partial charge in [-0.05, 0) is 47.3 Å². The summed E-state index contributed by atoms with van der Waals surface area (Å²) in [6.45, 7) is 0. The molecule has 1 aliphatic rings. The number of nitrogens with one attached hydrogen (secondary N) is 1. The van der Waals surface area contributed by atoms with Gasteiger partial charge in [-0.1, -0.05) is 12.1 Å². The molecule has 1 amide bonds. The van der Waals surface area contributed by atoms with E-state index in [0.717, 1.165) is 23.7 Å². The summed E-state index contributed by atoms with van der Waals surface area (Å²) < 4.78 is 0.816. The Labute approximate surface area is 108 Å². The van der Waals surface area contributed by atoms with Crippen LogP contribution in [-0.2, 0) is 0 Å². The second kappa shape index (κ2) is 4.76. The van der Waals surface area contributed by atoms with E-state index in [9.17, 15) is 4.79 Å². The number of rotatable bonds is 3. The van der Waals surface area contributed by atoms with Crippen LogP contribution >= 0.6 is 27.5 Å². The molecule has 1 aliphatic carbocycles. The summed E-state index contributed by atoms with van der Waals surface area (Å²) in [5, 5.41) is 3.04. The Morgan fingerprint density at radius 1 is 1.44 bits per heavy atom. The van der Waals surface area contributed by atoms with Crippen molar-refractivity contribution in [1.29, 1.82) is 0 Å². The van der Waals surface area contributed by atoms with Gasteiger partial charge in [0.15, 0.2) is 0 Å². The average Bonchev–Trinajstić information content (AvgIpc) is 2.24. The van der Waals surface area contributed by atoms with Crippen LogP contribution in [0.4, 0.5) is 0 Å². The highest BCUT2D eigenvalue weighted by molar-refractivity contribution is 9.10. The number of carbonyl (C=O) groups is 1. The summed E-state index contributed by atoms with van der Waals surface area (Å²) in [7, 11) is 0. The summed E-state index contributed by atoms with van der Waals surface area (Å²) >= 11 is 9.28. The monoisotopic (exact) mass is 301 g/mol. The fraction of sp³-hybridized carbons (Fsp3) is 0.417. The van der Waals surface area contributed by atoms with Crippen molar-refractivity contribution in [3.63, 3.8) is 0 Å². The maximum atomic E-state index is 12.0. The molecule has 0 saturated heterocycles. The summed E-state index contributed by atoms with van der Waals surface area (Å²) in [6, 6.07) is 7.42. The quantitative estimate of drug-likeness (QED) is 0.853. The van der Waals surface area contributed by atoms with E-state index in [-0.39, 0.29) is 11.4 Å². The Morgan fingerprint density at radius 3 is 2.62 bits per heavy atom. The van der Waals surface area contributed by atoms with Gasteiger partial charge in [-0.25, -0.2) is 0 Å². The van der Waals surface area contributed by atoms with Crippen LogP contribution in [0.15, 0.2) is 28.7 Å². The van der Waals surface area contributed by atoms with Crippen molar-refractivity contribution in [2.24, 2.45) is 0 Å². The molecule has 0 unspecified atom stereocenters. The van der Waals surface area contributed by atoms with Gasteiger partial charge in [-0.2, -0.15) is 0 Å². The third-order valence-corrected chi connectivity index (χ3v) is 4.27. The van der Waals surface area contributed by atoms with Crippen LogP contribution in [0.25, 0.3) is 0 Å². The highest BCUT2D eigenvalue weighted by atomic mass is 79.9. The van der Waals surface area contributed by atoms with Gasteiger partial charge < -0.3 is 5.32 Å². The van der Waals surface area contributed by atoms with Crippen molar-refractivity contribution in [3.8, 4) is 0 Å². The Kier molecular flexibility index (Phi) is 3.55. The van der Waals surface area contributed by atoms with Crippen LogP contribution < -0.4 is 5.32 Å². The van der Waals surface area contributed by atoms with Crippen LogP contribution in [0.3, 0.4) is 0 Å². The van der Waals surface area contributed by atoms with E-state index in [1.165, 1.54) is 0 Å². The molecular weight excluding hydrogens is 289 g/mol. The molecule has 0 atom stereocenters. The average molecular weight is 303 g/mol. The van der Waals surface area contributed by atoms with Crippen LogP contribution in [0.2, 0.25) is 0 Å². The van der Waals surface area contributed by atoms with E-state index >= 15 is 0 Å². The molecule has 0 heterocycles. The molecule has 86 valence electrons. The predicted octanol–water partition coefficient (Wildman–Crippen LogP) is 3.34. The fourth-order valence-electron chi connectivity index (χ4n) is 1.85. The van der Waals surface area contributed by atoms with Crippen LogP contribution in [0, 0.1) is 0 Å². The third-order valence-electron chi connectivity index (χ3n) is 3.06. The maximum Gasteiger partial charge on any atom is 0.252 e. The minimum Gasteiger partial charge on any atom is -0.345 e. The van der Waals surface area contributed by atoms with Gasteiger partial charge in [-0.3, -0.25) is 4.79 Å². The Hall–Kier alpha value is -0.540. The molecule has 1 N–H and O–H groups in total. The maximum absolute atomic E-state index is 12.0. The van der Waals surface area contributed by atoms with Gasteiger partial charge in [0.1, 0.15) is 0 Å². The lowest BCUT2D eigenvalue weighted by Crippen LogP contribution is -2.55. The van der Waals surface area contributed by atoms with Crippen molar-refractivity contribution < 1.29 is 4.79 Å². The first-order chi connectivity index (χ1) is 7.67. The number of alkyl halides is 1. The summed E-state index contributed by atoms with van der Waals surface area (Å²) in [5.74, 6) is 0.441. The van der Waals surface area contributed by atoms with Crippen molar-refractivity contribution in [3.05, 3.63) is 34.3 Å². The van der Waals surface area contributed by atoms with Crippen molar-refractivity contribution >= 4 is 33.4 Å². The summed E-state index contributed by atoms with van der Waals surface area (Å²) in [5.41, 5.74) is 0.493. The lowest BCUT2D eigenvalue weighted by Gasteiger charge is -2.41. The smallest absolute Gasteiger partial charge is 0.252 e. The Bertz CT molecular complexity index is 398. The zero-order chi connectivity index (χ0) is 11.6. The van der Waals surface area contributed by atoms with E-state index in [2.05, 4.69) is 21.2 Å². The molecule has 4 heteroatoms. The molecular formula is C12H13BrClNO. The largest absolute Gasteiger partial charge is 0.345 e. The van der Waals surface area contributed by atoms with Gasteiger partial charge in [0.25, 0.3) is 5.91 Å². The Morgan fingerprint density at radius 2 is 2.12 bits per heavy atom. The van der Waals surface area contributed by atoms with Crippen molar-refractivity contribution in [2.45, 2.75) is 24.8 Å². The van der Waals surface area contributed by atoms with E-state index in [0.29, 0.717) is 11.4 Å². The van der Waals surface area contributed by atoms with Crippen LogP contribution in [0.5, 0.6) is 0 Å². The molecule has 2 rings (SSSR count). The third kappa shape index (κ3) is 2.25. The molecule has 0 radical (unpaired) electrons. The van der Waals surface area contributed by atoms with Gasteiger partial charge in [0.05, 0.1) is 11.1 Å². The van der Waals surface area contributed by atoms with E-state index < -0.39 is 0 Å². The molecule has 1 fully saturated rings. The van der Waals surface area contributed by atoms with Gasteiger partial charge in [-0.15, -0.1) is 11.6 Å². The van der Waals surface area contributed by atoms with Crippen LogP contribution in [0.1, 0.15) is 29.6 Å². The first kappa shape index (κ1) is 11.9. The second-order valence-corrected chi connectivity index (χ2v) is 5.32. The molecule has 1 aromatic carbocycles. The molecule has 0 bridgehead atoms. The molecule has 1 aromatic rings. The van der Waals surface area contributed by atoms with Crippen molar-refractivity contribution in [2.75, 3.05) is 5.88 Å². The number of hydrogen-bond acceptors (Lipinski definition) is 1. The molecule has 1 saturated carbocycles. The zero-order valence-electron chi connectivity index (χ0n) is 8.80. The number of benzene rings is 1. The molecule has 0 spiro atoms. The first-order valence-electron chi connectivity index (χ1n) is 5.30. The zero-order valence-corrected chi connectivity index (χ0v) is 11.1. The standard InChI is InChI=1S/C12H13BrClNO/c13-10-5-2-1-4-9(10)11(16)15-12(8-14)6-3-7-12/h1-2,4-5H,3,6-8H2,(H,15,16). The summed E-state index contributed by atoms with van der Waals surface area (Å²) in [6.07, 6.45) is 3.10. The molecule has 16 heavy (non-hydrogen) atoms.